The predicted molar refractivity (Wildman–Crippen MR) is 118 cm³/mol. The molecule has 0 rings (SSSR count). The Morgan fingerprint density at radius 3 is 1.50 bits per heavy atom. The molecule has 0 radical (unpaired) electrons. The van der Waals surface area contributed by atoms with Crippen LogP contribution < -0.4 is 10.6 Å². The van der Waals surface area contributed by atoms with Gasteiger partial charge in [0.1, 0.15) is 22.8 Å². The third-order valence-corrected chi connectivity index (χ3v) is 3.54. The molecular formula is C22H40N2O8. The molecule has 0 aliphatic carbocycles. The second kappa shape index (κ2) is 12.0. The van der Waals surface area contributed by atoms with E-state index in [1.54, 1.807) is 62.3 Å². The normalized spacial score (nSPS) is 13.3. The van der Waals surface area contributed by atoms with E-state index in [-0.39, 0.29) is 13.0 Å². The lowest BCUT2D eigenvalue weighted by molar-refractivity contribution is -0.171. The Morgan fingerprint density at radius 2 is 1.12 bits per heavy atom. The molecule has 0 aromatic carbocycles. The summed E-state index contributed by atoms with van der Waals surface area (Å²) in [6.07, 6.45) is -0.0384. The van der Waals surface area contributed by atoms with E-state index >= 15 is 0 Å². The first kappa shape index (κ1) is 29.6. The highest BCUT2D eigenvalue weighted by atomic mass is 16.6. The van der Waals surface area contributed by atoms with Crippen molar-refractivity contribution < 1.29 is 38.5 Å². The van der Waals surface area contributed by atoms with Crippen molar-refractivity contribution in [3.8, 4) is 0 Å². The molecule has 0 aliphatic rings. The minimum Gasteiger partial charge on any atom is -0.465 e. The lowest BCUT2D eigenvalue weighted by atomic mass is 10.1. The first-order chi connectivity index (χ1) is 14.3. The van der Waals surface area contributed by atoms with E-state index in [4.69, 9.17) is 19.3 Å². The van der Waals surface area contributed by atoms with Crippen molar-refractivity contribution >= 4 is 24.0 Å². The van der Waals surface area contributed by atoms with Gasteiger partial charge in [0.25, 0.3) is 0 Å². The van der Waals surface area contributed by atoms with Crippen LogP contribution in [0.5, 0.6) is 0 Å². The quantitative estimate of drug-likeness (QED) is 0.194. The number of ether oxygens (including phenoxy) is 3. The van der Waals surface area contributed by atoms with Gasteiger partial charge in [-0.15, -0.1) is 0 Å². The van der Waals surface area contributed by atoms with E-state index in [9.17, 15) is 19.2 Å². The van der Waals surface area contributed by atoms with E-state index in [1.165, 1.54) is 0 Å². The summed E-state index contributed by atoms with van der Waals surface area (Å²) in [6, 6.07) is -2.55. The molecule has 1 unspecified atom stereocenters. The van der Waals surface area contributed by atoms with Crippen LogP contribution in [0, 0.1) is 0 Å². The number of rotatable bonds is 10. The number of nitrogens with one attached hydrogen (secondary N) is 2. The summed E-state index contributed by atoms with van der Waals surface area (Å²) >= 11 is 0. The summed E-state index contributed by atoms with van der Waals surface area (Å²) in [5, 5.41) is 13.7. The lowest BCUT2D eigenvalue weighted by Crippen LogP contribution is -2.55. The van der Waals surface area contributed by atoms with Crippen LogP contribution in [0.25, 0.3) is 0 Å². The first-order valence-corrected chi connectivity index (χ1v) is 10.7. The highest BCUT2D eigenvalue weighted by Gasteiger charge is 2.38. The fourth-order valence-corrected chi connectivity index (χ4v) is 2.47. The molecule has 10 heteroatoms. The maximum atomic E-state index is 12.8. The Balaban J connectivity index is 5.62. The topological polar surface area (TPSA) is 140 Å². The van der Waals surface area contributed by atoms with Crippen molar-refractivity contribution in [3.63, 3.8) is 0 Å². The molecule has 10 nitrogen and oxygen atoms in total. The molecule has 0 bridgehead atoms. The van der Waals surface area contributed by atoms with Crippen LogP contribution in [0.3, 0.4) is 0 Å². The smallest absolute Gasteiger partial charge is 0.404 e. The van der Waals surface area contributed by atoms with E-state index in [0.29, 0.717) is 12.8 Å². The number of carbonyl (C=O) groups excluding carboxylic acids is 3. The second-order valence-electron chi connectivity index (χ2n) is 10.5. The maximum absolute atomic E-state index is 12.8. The fraction of sp³-hybridized carbons (Fsp3) is 0.818. The highest BCUT2D eigenvalue weighted by Crippen LogP contribution is 2.16. The van der Waals surface area contributed by atoms with Gasteiger partial charge in [0.15, 0.2) is 0 Å². The summed E-state index contributed by atoms with van der Waals surface area (Å²) in [5.74, 6) is -2.37. The molecule has 186 valence electrons. The average molecular weight is 461 g/mol. The molecule has 0 saturated heterocycles. The van der Waals surface area contributed by atoms with Gasteiger partial charge in [0, 0.05) is 6.54 Å². The summed E-state index contributed by atoms with van der Waals surface area (Å²) in [7, 11) is 0. The second-order valence-corrected chi connectivity index (χ2v) is 10.5. The number of unbranched alkanes of at least 4 members (excludes halogenated alkanes) is 1. The van der Waals surface area contributed by atoms with Crippen LogP contribution in [0.2, 0.25) is 0 Å². The van der Waals surface area contributed by atoms with E-state index in [2.05, 4.69) is 10.6 Å². The van der Waals surface area contributed by atoms with E-state index < -0.39 is 52.9 Å². The third kappa shape index (κ3) is 14.6. The number of hydrogen-bond acceptors (Lipinski definition) is 8. The van der Waals surface area contributed by atoms with Crippen LogP contribution in [-0.2, 0) is 28.6 Å². The summed E-state index contributed by atoms with van der Waals surface area (Å²) < 4.78 is 16.2. The molecule has 0 heterocycles. The number of amides is 1. The largest absolute Gasteiger partial charge is 0.465 e. The van der Waals surface area contributed by atoms with Gasteiger partial charge in [-0.05, 0) is 81.6 Å². The van der Waals surface area contributed by atoms with Gasteiger partial charge in [0.05, 0.1) is 0 Å². The zero-order chi connectivity index (χ0) is 25.3. The molecule has 1 amide bonds. The van der Waals surface area contributed by atoms with Crippen LogP contribution in [0.4, 0.5) is 4.79 Å². The van der Waals surface area contributed by atoms with Gasteiger partial charge in [-0.25, -0.2) is 14.4 Å². The molecule has 32 heavy (non-hydrogen) atoms. The number of carboxylic acid groups (broad SMARTS) is 1. The Labute approximate surface area is 190 Å². The van der Waals surface area contributed by atoms with Crippen LogP contribution in [0.15, 0.2) is 0 Å². The first-order valence-electron chi connectivity index (χ1n) is 10.7. The maximum Gasteiger partial charge on any atom is 0.404 e. The van der Waals surface area contributed by atoms with Crippen molar-refractivity contribution in [2.75, 3.05) is 6.54 Å². The van der Waals surface area contributed by atoms with E-state index in [1.807, 2.05) is 0 Å². The van der Waals surface area contributed by atoms with Gasteiger partial charge in [-0.2, -0.15) is 0 Å². The van der Waals surface area contributed by atoms with Crippen molar-refractivity contribution in [2.45, 2.75) is 110 Å². The molecule has 0 aromatic rings. The third-order valence-electron chi connectivity index (χ3n) is 3.54. The van der Waals surface area contributed by atoms with Crippen LogP contribution >= 0.6 is 0 Å². The lowest BCUT2D eigenvalue weighted by Gasteiger charge is -2.30. The van der Waals surface area contributed by atoms with Gasteiger partial charge < -0.3 is 24.6 Å². The zero-order valence-corrected chi connectivity index (χ0v) is 20.8. The van der Waals surface area contributed by atoms with Crippen molar-refractivity contribution in [1.82, 2.24) is 10.6 Å². The summed E-state index contributed by atoms with van der Waals surface area (Å²) in [4.78, 5) is 48.9. The zero-order valence-electron chi connectivity index (χ0n) is 20.8. The van der Waals surface area contributed by atoms with Crippen LogP contribution in [0.1, 0.15) is 81.6 Å². The Hall–Kier alpha value is -2.36. The van der Waals surface area contributed by atoms with Gasteiger partial charge in [-0.3, -0.25) is 10.1 Å². The molecule has 1 atom stereocenters. The minimum absolute atomic E-state index is 0.206. The number of esters is 3. The van der Waals surface area contributed by atoms with Gasteiger partial charge in [-0.1, -0.05) is 0 Å². The molecule has 0 aromatic heterocycles. The van der Waals surface area contributed by atoms with Crippen molar-refractivity contribution in [1.29, 1.82) is 0 Å². The van der Waals surface area contributed by atoms with Crippen molar-refractivity contribution in [3.05, 3.63) is 0 Å². The molecule has 0 spiro atoms. The molecule has 3 N–H and O–H groups in total. The molecule has 0 saturated carbocycles. The average Bonchev–Trinajstić information content (AvgIpc) is 2.51. The monoisotopic (exact) mass is 460 g/mol. The summed E-state index contributed by atoms with van der Waals surface area (Å²) in [5.41, 5.74) is -2.50. The standard InChI is InChI=1S/C22H40N2O8/c1-20(2,3)30-16(25)14(12-10-11-13-23-19(28)29)24-15(17(26)31-21(4,5)6)18(27)32-22(7,8)9/h14-15,23-24H,10-13H2,1-9H3,(H,28,29). The Kier molecular flexibility index (Phi) is 11.1. The molecule has 0 fully saturated rings. The predicted octanol–water partition coefficient (Wildman–Crippen LogP) is 2.78. The Morgan fingerprint density at radius 1 is 0.719 bits per heavy atom. The van der Waals surface area contributed by atoms with E-state index in [0.717, 1.165) is 0 Å². The van der Waals surface area contributed by atoms with Gasteiger partial charge in [0.2, 0.25) is 6.04 Å². The SMILES string of the molecule is CC(C)(C)OC(=O)C(CCCCNC(=O)O)NC(C(=O)OC(C)(C)C)C(=O)OC(C)(C)C. The highest BCUT2D eigenvalue weighted by molar-refractivity contribution is 6.00. The fourth-order valence-electron chi connectivity index (χ4n) is 2.47. The number of carbonyl (C=O) groups is 4. The summed E-state index contributed by atoms with van der Waals surface area (Å²) in [6.45, 7) is 15.3. The molecule has 0 aliphatic heterocycles. The van der Waals surface area contributed by atoms with Crippen LogP contribution in [-0.4, -0.2) is 64.5 Å². The number of hydrogen-bond donors (Lipinski definition) is 3. The molecular weight excluding hydrogens is 420 g/mol. The van der Waals surface area contributed by atoms with Crippen molar-refractivity contribution in [2.24, 2.45) is 0 Å². The minimum atomic E-state index is -1.54. The van der Waals surface area contributed by atoms with Gasteiger partial charge >= 0.3 is 24.0 Å². The Bertz CT molecular complexity index is 628.